The molecule has 3 nitrogen and oxygen atoms in total. The molecule has 0 saturated heterocycles. The average molecular weight is 348 g/mol. The zero-order valence-corrected chi connectivity index (χ0v) is 15.6. The summed E-state index contributed by atoms with van der Waals surface area (Å²) in [4.78, 5) is 0. The number of nitrogens with one attached hydrogen (secondary N) is 1. The molecule has 2 aromatic rings. The van der Waals surface area contributed by atoms with Crippen molar-refractivity contribution in [2.24, 2.45) is 0 Å². The summed E-state index contributed by atoms with van der Waals surface area (Å²) in [5, 5.41) is 3.71. The molecule has 0 fully saturated rings. The Hall–Kier alpha value is -1.71. The van der Waals surface area contributed by atoms with Crippen LogP contribution in [0.3, 0.4) is 0 Å². The van der Waals surface area contributed by atoms with Gasteiger partial charge >= 0.3 is 0 Å². The third-order valence-corrected chi connectivity index (χ3v) is 4.79. The number of hydrogen-bond acceptors (Lipinski definition) is 3. The van der Waals surface area contributed by atoms with Gasteiger partial charge in [-0.15, -0.1) is 12.4 Å². The molecule has 1 aliphatic rings. The van der Waals surface area contributed by atoms with Crippen LogP contribution in [0.1, 0.15) is 36.5 Å². The molecule has 0 bridgehead atoms. The van der Waals surface area contributed by atoms with E-state index in [0.29, 0.717) is 0 Å². The summed E-state index contributed by atoms with van der Waals surface area (Å²) in [5.41, 5.74) is 3.94. The summed E-state index contributed by atoms with van der Waals surface area (Å²) in [6, 6.07) is 15.0. The zero-order valence-electron chi connectivity index (χ0n) is 14.8. The third-order valence-electron chi connectivity index (χ3n) is 4.79. The van der Waals surface area contributed by atoms with E-state index >= 15 is 0 Å². The normalized spacial score (nSPS) is 18.8. The van der Waals surface area contributed by atoms with Gasteiger partial charge in [0.05, 0.1) is 14.2 Å². The van der Waals surface area contributed by atoms with Crippen molar-refractivity contribution in [1.29, 1.82) is 0 Å². The first-order chi connectivity index (χ1) is 11.1. The average Bonchev–Trinajstić information content (AvgIpc) is 2.68. The fourth-order valence-corrected chi connectivity index (χ4v) is 3.67. The van der Waals surface area contributed by atoms with E-state index in [2.05, 4.69) is 61.6 Å². The van der Waals surface area contributed by atoms with Gasteiger partial charge < -0.3 is 14.8 Å². The van der Waals surface area contributed by atoms with Crippen LogP contribution in [0.2, 0.25) is 0 Å². The van der Waals surface area contributed by atoms with Crippen LogP contribution in [0.5, 0.6) is 11.5 Å². The SMILES string of the molecule is COc1cc2c(cc1OC)C(c1ccccc1)C(C)(C)NCC2.Cl. The van der Waals surface area contributed by atoms with Crippen LogP contribution in [0.15, 0.2) is 42.5 Å². The monoisotopic (exact) mass is 347 g/mol. The van der Waals surface area contributed by atoms with Crippen molar-refractivity contribution in [3.63, 3.8) is 0 Å². The zero-order chi connectivity index (χ0) is 16.4. The largest absolute Gasteiger partial charge is 0.493 e. The summed E-state index contributed by atoms with van der Waals surface area (Å²) < 4.78 is 11.0. The number of halogens is 1. The van der Waals surface area contributed by atoms with Crippen molar-refractivity contribution in [2.45, 2.75) is 31.7 Å². The van der Waals surface area contributed by atoms with Crippen LogP contribution in [-0.2, 0) is 6.42 Å². The van der Waals surface area contributed by atoms with Crippen molar-refractivity contribution in [3.05, 3.63) is 59.2 Å². The van der Waals surface area contributed by atoms with E-state index in [1.54, 1.807) is 14.2 Å². The maximum absolute atomic E-state index is 5.55. The number of hydrogen-bond donors (Lipinski definition) is 1. The predicted octanol–water partition coefficient (Wildman–Crippen LogP) is 4.18. The molecule has 1 N–H and O–H groups in total. The Morgan fingerprint density at radius 2 is 1.62 bits per heavy atom. The maximum atomic E-state index is 5.55. The molecular weight excluding hydrogens is 322 g/mol. The molecule has 3 rings (SSSR count). The smallest absolute Gasteiger partial charge is 0.161 e. The van der Waals surface area contributed by atoms with Gasteiger partial charge in [-0.1, -0.05) is 30.3 Å². The highest BCUT2D eigenvalue weighted by Crippen LogP contribution is 2.42. The molecule has 130 valence electrons. The number of fused-ring (bicyclic) bond motifs is 1. The van der Waals surface area contributed by atoms with Gasteiger partial charge in [0.1, 0.15) is 0 Å². The van der Waals surface area contributed by atoms with E-state index in [9.17, 15) is 0 Å². The Labute approximate surface area is 150 Å². The van der Waals surface area contributed by atoms with Crippen molar-refractivity contribution >= 4 is 12.4 Å². The van der Waals surface area contributed by atoms with E-state index in [4.69, 9.17) is 9.47 Å². The molecule has 0 saturated carbocycles. The maximum Gasteiger partial charge on any atom is 0.161 e. The topological polar surface area (TPSA) is 30.5 Å². The standard InChI is InChI=1S/C20H25NO2.ClH/c1-20(2)19(14-8-6-5-7-9-14)16-13-18(23-4)17(22-3)12-15(16)10-11-21-20;/h5-9,12-13,19,21H,10-11H2,1-4H3;1H. The van der Waals surface area contributed by atoms with Gasteiger partial charge in [0.2, 0.25) is 0 Å². The first-order valence-corrected chi connectivity index (χ1v) is 8.11. The minimum atomic E-state index is -0.0355. The van der Waals surface area contributed by atoms with Crippen molar-refractivity contribution < 1.29 is 9.47 Å². The molecule has 0 aromatic heterocycles. The third kappa shape index (κ3) is 3.38. The van der Waals surface area contributed by atoms with Gasteiger partial charge in [-0.25, -0.2) is 0 Å². The Morgan fingerprint density at radius 3 is 2.25 bits per heavy atom. The van der Waals surface area contributed by atoms with Gasteiger partial charge in [0.25, 0.3) is 0 Å². The van der Waals surface area contributed by atoms with E-state index < -0.39 is 0 Å². The lowest BCUT2D eigenvalue weighted by Gasteiger charge is -2.35. The van der Waals surface area contributed by atoms with Crippen LogP contribution in [0.4, 0.5) is 0 Å². The van der Waals surface area contributed by atoms with E-state index in [-0.39, 0.29) is 23.9 Å². The molecule has 1 heterocycles. The second-order valence-electron chi connectivity index (χ2n) is 6.65. The van der Waals surface area contributed by atoms with Gasteiger partial charge in [0, 0.05) is 11.5 Å². The molecule has 0 aliphatic carbocycles. The number of rotatable bonds is 3. The lowest BCUT2D eigenvalue weighted by atomic mass is 9.76. The first kappa shape index (κ1) is 18.6. The summed E-state index contributed by atoms with van der Waals surface area (Å²) in [6.45, 7) is 5.51. The molecule has 1 atom stereocenters. The molecule has 0 spiro atoms. The lowest BCUT2D eigenvalue weighted by Crippen LogP contribution is -2.44. The van der Waals surface area contributed by atoms with Crippen molar-refractivity contribution in [1.82, 2.24) is 5.32 Å². The van der Waals surface area contributed by atoms with Crippen LogP contribution < -0.4 is 14.8 Å². The van der Waals surface area contributed by atoms with E-state index in [0.717, 1.165) is 24.5 Å². The summed E-state index contributed by atoms with van der Waals surface area (Å²) >= 11 is 0. The fourth-order valence-electron chi connectivity index (χ4n) is 3.67. The summed E-state index contributed by atoms with van der Waals surface area (Å²) in [5.74, 6) is 1.86. The van der Waals surface area contributed by atoms with Gasteiger partial charge in [-0.3, -0.25) is 0 Å². The van der Waals surface area contributed by atoms with E-state index in [1.165, 1.54) is 16.7 Å². The lowest BCUT2D eigenvalue weighted by molar-refractivity contribution is 0.349. The number of methoxy groups -OCH3 is 2. The molecule has 4 heteroatoms. The minimum Gasteiger partial charge on any atom is -0.493 e. The molecule has 24 heavy (non-hydrogen) atoms. The first-order valence-electron chi connectivity index (χ1n) is 8.11. The molecule has 0 radical (unpaired) electrons. The van der Waals surface area contributed by atoms with Crippen LogP contribution in [0.25, 0.3) is 0 Å². The number of ether oxygens (including phenoxy) is 2. The second-order valence-corrected chi connectivity index (χ2v) is 6.65. The highest BCUT2D eigenvalue weighted by atomic mass is 35.5. The van der Waals surface area contributed by atoms with Crippen LogP contribution in [0, 0.1) is 0 Å². The highest BCUT2D eigenvalue weighted by Gasteiger charge is 2.35. The summed E-state index contributed by atoms with van der Waals surface area (Å²) in [6.07, 6.45) is 0.989. The molecule has 0 amide bonds. The second kappa shape index (κ2) is 7.45. The number of benzene rings is 2. The Kier molecular flexibility index (Phi) is 5.79. The predicted molar refractivity (Wildman–Crippen MR) is 101 cm³/mol. The minimum absolute atomic E-state index is 0. The molecule has 2 aromatic carbocycles. The quantitative estimate of drug-likeness (QED) is 0.903. The molecule has 1 unspecified atom stereocenters. The van der Waals surface area contributed by atoms with Crippen molar-refractivity contribution in [2.75, 3.05) is 20.8 Å². The van der Waals surface area contributed by atoms with Crippen LogP contribution >= 0.6 is 12.4 Å². The molecular formula is C20H26ClNO2. The van der Waals surface area contributed by atoms with Crippen LogP contribution in [-0.4, -0.2) is 26.3 Å². The molecule has 1 aliphatic heterocycles. The van der Waals surface area contributed by atoms with Gasteiger partial charge in [-0.05, 0) is 55.6 Å². The fraction of sp³-hybridized carbons (Fsp3) is 0.400. The Morgan fingerprint density at radius 1 is 1.00 bits per heavy atom. The van der Waals surface area contributed by atoms with Gasteiger partial charge in [0.15, 0.2) is 11.5 Å². The van der Waals surface area contributed by atoms with E-state index in [1.807, 2.05) is 0 Å². The highest BCUT2D eigenvalue weighted by molar-refractivity contribution is 5.85. The Bertz CT molecular complexity index is 686. The van der Waals surface area contributed by atoms with Gasteiger partial charge in [-0.2, -0.15) is 0 Å². The van der Waals surface area contributed by atoms with Crippen molar-refractivity contribution in [3.8, 4) is 11.5 Å². The summed E-state index contributed by atoms with van der Waals surface area (Å²) in [7, 11) is 3.39. The Balaban J connectivity index is 0.00000208.